The van der Waals surface area contributed by atoms with Crippen molar-refractivity contribution in [2.75, 3.05) is 32.8 Å². The summed E-state index contributed by atoms with van der Waals surface area (Å²) in [6.07, 6.45) is -0.687. The fourth-order valence-electron chi connectivity index (χ4n) is 2.12. The van der Waals surface area contributed by atoms with Crippen molar-refractivity contribution >= 4 is 5.91 Å². The predicted octanol–water partition coefficient (Wildman–Crippen LogP) is 0.135. The van der Waals surface area contributed by atoms with Gasteiger partial charge in [0.15, 0.2) is 0 Å². The molecule has 20 heavy (non-hydrogen) atoms. The molecule has 1 atom stereocenters. The fourth-order valence-corrected chi connectivity index (χ4v) is 2.12. The van der Waals surface area contributed by atoms with Crippen LogP contribution in [0.2, 0.25) is 0 Å². The van der Waals surface area contributed by atoms with E-state index in [1.54, 1.807) is 18.2 Å². The van der Waals surface area contributed by atoms with E-state index in [0.717, 1.165) is 6.54 Å². The van der Waals surface area contributed by atoms with Crippen LogP contribution in [0.4, 0.5) is 4.39 Å². The second-order valence-electron chi connectivity index (χ2n) is 4.85. The van der Waals surface area contributed by atoms with Crippen LogP contribution in [0.15, 0.2) is 24.3 Å². The minimum absolute atomic E-state index is 0.0317. The molecular weight excluding hydrogens is 263 g/mol. The molecule has 0 spiro atoms. The molecule has 1 heterocycles. The number of benzene rings is 1. The number of hydrogen-bond acceptors (Lipinski definition) is 4. The smallest absolute Gasteiger partial charge is 0.234 e. The molecule has 6 heteroatoms. The van der Waals surface area contributed by atoms with Crippen LogP contribution >= 0.6 is 0 Å². The summed E-state index contributed by atoms with van der Waals surface area (Å²) >= 11 is 0. The first-order valence-electron chi connectivity index (χ1n) is 6.63. The molecule has 1 fully saturated rings. The maximum absolute atomic E-state index is 13.3. The van der Waals surface area contributed by atoms with Crippen molar-refractivity contribution in [1.82, 2.24) is 10.2 Å². The van der Waals surface area contributed by atoms with Crippen LogP contribution in [0, 0.1) is 5.82 Å². The SMILES string of the molecule is O=C1CN(C[C@H](O)COCc2ccccc2F)CCN1. The van der Waals surface area contributed by atoms with E-state index in [4.69, 9.17) is 4.74 Å². The van der Waals surface area contributed by atoms with Crippen molar-refractivity contribution < 1.29 is 19.0 Å². The van der Waals surface area contributed by atoms with Crippen molar-refractivity contribution in [2.24, 2.45) is 0 Å². The molecule has 1 saturated heterocycles. The van der Waals surface area contributed by atoms with Gasteiger partial charge >= 0.3 is 0 Å². The Kier molecular flexibility index (Phi) is 5.46. The van der Waals surface area contributed by atoms with Gasteiger partial charge in [-0.2, -0.15) is 0 Å². The van der Waals surface area contributed by atoms with E-state index in [-0.39, 0.29) is 24.9 Å². The Labute approximate surface area is 117 Å². The van der Waals surface area contributed by atoms with E-state index in [9.17, 15) is 14.3 Å². The average Bonchev–Trinajstić information content (AvgIpc) is 2.41. The lowest BCUT2D eigenvalue weighted by Crippen LogP contribution is -2.50. The monoisotopic (exact) mass is 282 g/mol. The average molecular weight is 282 g/mol. The summed E-state index contributed by atoms with van der Waals surface area (Å²) in [5.41, 5.74) is 0.469. The Morgan fingerprint density at radius 2 is 2.25 bits per heavy atom. The molecule has 1 aliphatic heterocycles. The fraction of sp³-hybridized carbons (Fsp3) is 0.500. The van der Waals surface area contributed by atoms with Gasteiger partial charge in [-0.3, -0.25) is 9.69 Å². The molecular formula is C14H19FN2O3. The molecule has 0 unspecified atom stereocenters. The Balaban J connectivity index is 1.68. The van der Waals surface area contributed by atoms with E-state index in [2.05, 4.69) is 5.32 Å². The van der Waals surface area contributed by atoms with E-state index < -0.39 is 6.10 Å². The molecule has 0 radical (unpaired) electrons. The number of carbonyl (C=O) groups excluding carboxylic acids is 1. The highest BCUT2D eigenvalue weighted by molar-refractivity contribution is 5.78. The summed E-state index contributed by atoms with van der Waals surface area (Å²) in [7, 11) is 0. The summed E-state index contributed by atoms with van der Waals surface area (Å²) in [6.45, 7) is 2.24. The van der Waals surface area contributed by atoms with E-state index in [1.807, 2.05) is 4.90 Å². The van der Waals surface area contributed by atoms with E-state index in [1.165, 1.54) is 6.07 Å². The Hall–Kier alpha value is -1.50. The summed E-state index contributed by atoms with van der Waals surface area (Å²) in [5.74, 6) is -0.342. The Bertz CT molecular complexity index is 456. The molecule has 1 aromatic carbocycles. The standard InChI is InChI=1S/C14H19FN2O3/c15-13-4-2-1-3-11(13)9-20-10-12(18)7-17-6-5-16-14(19)8-17/h1-4,12,18H,5-10H2,(H,16,19)/t12-/m0/s1. The second-order valence-corrected chi connectivity index (χ2v) is 4.85. The van der Waals surface area contributed by atoms with Gasteiger partial charge in [0.1, 0.15) is 5.82 Å². The lowest BCUT2D eigenvalue weighted by atomic mass is 10.2. The summed E-state index contributed by atoms with van der Waals surface area (Å²) in [6, 6.07) is 6.39. The maximum Gasteiger partial charge on any atom is 0.234 e. The number of β-amino-alcohol motifs (C(OH)–C–C–N with tert-alkyl or cyclic N) is 1. The summed E-state index contributed by atoms with van der Waals surface area (Å²) in [5, 5.41) is 12.6. The van der Waals surface area contributed by atoms with Crippen LogP contribution in [0.3, 0.4) is 0 Å². The van der Waals surface area contributed by atoms with Crippen LogP contribution in [0.25, 0.3) is 0 Å². The van der Waals surface area contributed by atoms with Gasteiger partial charge in [-0.05, 0) is 6.07 Å². The molecule has 1 aromatic rings. The van der Waals surface area contributed by atoms with Gasteiger partial charge in [-0.1, -0.05) is 18.2 Å². The van der Waals surface area contributed by atoms with Gasteiger partial charge in [-0.15, -0.1) is 0 Å². The zero-order valence-corrected chi connectivity index (χ0v) is 11.2. The highest BCUT2D eigenvalue weighted by atomic mass is 19.1. The number of nitrogens with one attached hydrogen (secondary N) is 1. The zero-order valence-electron chi connectivity index (χ0n) is 11.2. The maximum atomic E-state index is 13.3. The third-order valence-corrected chi connectivity index (χ3v) is 3.11. The molecule has 2 rings (SSSR count). The van der Waals surface area contributed by atoms with Crippen LogP contribution in [0.5, 0.6) is 0 Å². The van der Waals surface area contributed by atoms with Gasteiger partial charge in [0.25, 0.3) is 0 Å². The number of aliphatic hydroxyl groups excluding tert-OH is 1. The number of hydrogen-bond donors (Lipinski definition) is 2. The predicted molar refractivity (Wildman–Crippen MR) is 71.5 cm³/mol. The van der Waals surface area contributed by atoms with Crippen molar-refractivity contribution in [3.8, 4) is 0 Å². The quantitative estimate of drug-likeness (QED) is 0.779. The number of halogens is 1. The van der Waals surface area contributed by atoms with Crippen LogP contribution in [0.1, 0.15) is 5.56 Å². The van der Waals surface area contributed by atoms with Crippen LogP contribution in [-0.4, -0.2) is 54.8 Å². The number of carbonyl (C=O) groups is 1. The number of rotatable bonds is 6. The van der Waals surface area contributed by atoms with Gasteiger partial charge in [0.2, 0.25) is 5.91 Å². The Morgan fingerprint density at radius 1 is 1.45 bits per heavy atom. The van der Waals surface area contributed by atoms with E-state index >= 15 is 0 Å². The number of piperazine rings is 1. The van der Waals surface area contributed by atoms with Crippen molar-refractivity contribution in [1.29, 1.82) is 0 Å². The van der Waals surface area contributed by atoms with Gasteiger partial charge in [0.05, 0.1) is 25.9 Å². The van der Waals surface area contributed by atoms with Gasteiger partial charge in [0, 0.05) is 25.2 Å². The molecule has 1 amide bonds. The van der Waals surface area contributed by atoms with Crippen LogP contribution in [-0.2, 0) is 16.1 Å². The highest BCUT2D eigenvalue weighted by Crippen LogP contribution is 2.08. The van der Waals surface area contributed by atoms with Crippen molar-refractivity contribution in [3.63, 3.8) is 0 Å². The molecule has 5 nitrogen and oxygen atoms in total. The third-order valence-electron chi connectivity index (χ3n) is 3.11. The minimum Gasteiger partial charge on any atom is -0.389 e. The van der Waals surface area contributed by atoms with Crippen molar-refractivity contribution in [2.45, 2.75) is 12.7 Å². The lowest BCUT2D eigenvalue weighted by molar-refractivity contribution is -0.124. The number of amides is 1. The molecule has 1 aliphatic rings. The zero-order chi connectivity index (χ0) is 14.4. The Morgan fingerprint density at radius 3 is 3.00 bits per heavy atom. The normalized spacial score (nSPS) is 17.8. The lowest BCUT2D eigenvalue weighted by Gasteiger charge is -2.28. The number of aliphatic hydroxyl groups is 1. The first kappa shape index (κ1) is 14.9. The summed E-state index contributed by atoms with van der Waals surface area (Å²) in [4.78, 5) is 13.1. The first-order chi connectivity index (χ1) is 9.65. The minimum atomic E-state index is -0.687. The molecule has 0 aromatic heterocycles. The topological polar surface area (TPSA) is 61.8 Å². The van der Waals surface area contributed by atoms with Gasteiger partial charge < -0.3 is 15.2 Å². The van der Waals surface area contributed by atoms with Crippen LogP contribution < -0.4 is 5.32 Å². The van der Waals surface area contributed by atoms with E-state index in [0.29, 0.717) is 25.2 Å². The molecule has 110 valence electrons. The molecule has 0 bridgehead atoms. The number of nitrogens with zero attached hydrogens (tertiary/aromatic N) is 1. The molecule has 0 saturated carbocycles. The number of ether oxygens (including phenoxy) is 1. The van der Waals surface area contributed by atoms with Crippen molar-refractivity contribution in [3.05, 3.63) is 35.6 Å². The third kappa shape index (κ3) is 4.56. The van der Waals surface area contributed by atoms with Gasteiger partial charge in [-0.25, -0.2) is 4.39 Å². The first-order valence-corrected chi connectivity index (χ1v) is 6.63. The largest absolute Gasteiger partial charge is 0.389 e. The second kappa shape index (κ2) is 7.33. The highest BCUT2D eigenvalue weighted by Gasteiger charge is 2.18. The molecule has 2 N–H and O–H groups in total. The molecule has 0 aliphatic carbocycles. The summed E-state index contributed by atoms with van der Waals surface area (Å²) < 4.78 is 18.6.